The van der Waals surface area contributed by atoms with Gasteiger partial charge in [-0.3, -0.25) is 19.3 Å². The Balaban J connectivity index is 1.70. The molecule has 2 aromatic rings. The highest BCUT2D eigenvalue weighted by Gasteiger charge is 2.63. The number of unbranched alkanes of at least 4 members (excludes halogenated alkanes) is 1. The molecule has 0 radical (unpaired) electrons. The maximum atomic E-state index is 14.3. The number of Topliss-reactive ketones (excluding diaryl/α,β-unsaturated/α-hetero) is 3. The van der Waals surface area contributed by atoms with Crippen molar-refractivity contribution in [2.45, 2.75) is 57.3 Å². The minimum Gasteiger partial charge on any atom is -0.510 e. The number of carbonyl (C=O) groups excluding carboxylic acids is 3. The second-order valence-corrected chi connectivity index (χ2v) is 11.9. The predicted molar refractivity (Wildman–Crippen MR) is 154 cm³/mol. The highest BCUT2D eigenvalue weighted by Crippen LogP contribution is 2.53. The van der Waals surface area contributed by atoms with Crippen molar-refractivity contribution in [3.05, 3.63) is 75.8 Å². The van der Waals surface area contributed by atoms with E-state index in [4.69, 9.17) is 4.74 Å². The quantitative estimate of drug-likeness (QED) is 0.281. The molecule has 0 spiro atoms. The summed E-state index contributed by atoms with van der Waals surface area (Å²) in [5, 5.41) is 34.5. The molecule has 0 aliphatic heterocycles. The molecule has 5 rings (SSSR count). The highest BCUT2D eigenvalue weighted by molar-refractivity contribution is 6.25. The van der Waals surface area contributed by atoms with Crippen LogP contribution in [0.4, 0.5) is 13.2 Å². The maximum Gasteiger partial charge on any atom is 0.416 e. The third kappa shape index (κ3) is 4.82. The van der Waals surface area contributed by atoms with Gasteiger partial charge in [0.05, 0.1) is 23.8 Å². The number of fused-ring (bicyclic) bond motifs is 3. The lowest BCUT2D eigenvalue weighted by molar-refractivity contribution is -0.148. The van der Waals surface area contributed by atoms with Gasteiger partial charge in [0.25, 0.3) is 0 Å². The number of allylic oxidation sites excluding steroid dienone is 1. The third-order valence-electron chi connectivity index (χ3n) is 8.97. The van der Waals surface area contributed by atoms with Crippen LogP contribution in [0.1, 0.15) is 54.6 Å². The topological polar surface area (TPSA) is 124 Å². The van der Waals surface area contributed by atoms with Crippen molar-refractivity contribution in [2.24, 2.45) is 11.8 Å². The van der Waals surface area contributed by atoms with E-state index in [1.165, 1.54) is 17.0 Å². The van der Waals surface area contributed by atoms with E-state index in [0.717, 1.165) is 25.5 Å². The Morgan fingerprint density at radius 3 is 2.32 bits per heavy atom. The van der Waals surface area contributed by atoms with Crippen molar-refractivity contribution < 1.29 is 47.6 Å². The number of halogens is 3. The standard InChI is InChI=1S/C33H34F3NO7/c1-5-6-13-44-23-12-11-20(17-7-9-19(10-8-17)33(34,35)36)21-14-18-15-22-27(37(3)4)29(40)24(16(2)38)30(41)32(22,43)31(42)25(18)28(39)26(21)23/h7-12,18,22,27,40,42-43H,5-6,13-15H2,1-4H3/t18-,22-,27-,32+/m0/s1. The number of carbonyl (C=O) groups is 3. The monoisotopic (exact) mass is 613 g/mol. The molecule has 0 heterocycles. The van der Waals surface area contributed by atoms with Crippen LogP contribution in [0.5, 0.6) is 5.75 Å². The van der Waals surface area contributed by atoms with E-state index in [9.17, 15) is 42.9 Å². The zero-order valence-electron chi connectivity index (χ0n) is 24.8. The molecule has 0 aromatic heterocycles. The fourth-order valence-corrected chi connectivity index (χ4v) is 6.90. The summed E-state index contributed by atoms with van der Waals surface area (Å²) >= 11 is 0. The van der Waals surface area contributed by atoms with E-state index in [1.54, 1.807) is 26.2 Å². The molecule has 11 heteroatoms. The molecule has 3 N–H and O–H groups in total. The summed E-state index contributed by atoms with van der Waals surface area (Å²) in [6.07, 6.45) is -2.91. The number of aliphatic hydroxyl groups is 3. The normalized spacial score (nSPS) is 25.2. The summed E-state index contributed by atoms with van der Waals surface area (Å²) in [4.78, 5) is 41.9. The van der Waals surface area contributed by atoms with E-state index in [0.29, 0.717) is 23.1 Å². The van der Waals surface area contributed by atoms with E-state index in [2.05, 4.69) is 0 Å². The largest absolute Gasteiger partial charge is 0.510 e. The highest BCUT2D eigenvalue weighted by atomic mass is 19.4. The van der Waals surface area contributed by atoms with E-state index < -0.39 is 69.7 Å². The van der Waals surface area contributed by atoms with Gasteiger partial charge in [-0.25, -0.2) is 0 Å². The molecular formula is C33H34F3NO7. The van der Waals surface area contributed by atoms with Crippen LogP contribution in [0.3, 0.4) is 0 Å². The Morgan fingerprint density at radius 2 is 1.75 bits per heavy atom. The minimum absolute atomic E-state index is 0.0156. The van der Waals surface area contributed by atoms with Crippen molar-refractivity contribution in [1.82, 2.24) is 4.90 Å². The number of hydrogen-bond acceptors (Lipinski definition) is 8. The SMILES string of the molecule is CCCCOc1ccc(-c2ccc(C(F)(F)F)cc2)c2c1C(=O)C1=C(O)[C@]3(O)C(=O)C(C(C)=O)=C(O)[C@@H](N(C)C)[C@@H]3C[C@@H]1C2. The zero-order chi connectivity index (χ0) is 32.3. The number of alkyl halides is 3. The lowest BCUT2D eigenvalue weighted by atomic mass is 9.58. The van der Waals surface area contributed by atoms with Crippen molar-refractivity contribution in [3.63, 3.8) is 0 Å². The molecule has 0 amide bonds. The maximum absolute atomic E-state index is 14.3. The first-order chi connectivity index (χ1) is 20.6. The van der Waals surface area contributed by atoms with Gasteiger partial charge in [-0.15, -0.1) is 0 Å². The summed E-state index contributed by atoms with van der Waals surface area (Å²) < 4.78 is 45.8. The summed E-state index contributed by atoms with van der Waals surface area (Å²) in [5.41, 5.74) is -2.73. The summed E-state index contributed by atoms with van der Waals surface area (Å²) in [6.45, 7) is 3.32. The van der Waals surface area contributed by atoms with E-state index in [1.807, 2.05) is 6.92 Å². The first-order valence-electron chi connectivity index (χ1n) is 14.5. The summed E-state index contributed by atoms with van der Waals surface area (Å²) in [5.74, 6) is -5.65. The summed E-state index contributed by atoms with van der Waals surface area (Å²) in [6, 6.07) is 6.80. The fourth-order valence-electron chi connectivity index (χ4n) is 6.90. The molecular weight excluding hydrogens is 579 g/mol. The number of ether oxygens (including phenoxy) is 1. The first-order valence-corrected chi connectivity index (χ1v) is 14.5. The number of ketones is 3. The number of hydrogen-bond donors (Lipinski definition) is 3. The van der Waals surface area contributed by atoms with E-state index >= 15 is 0 Å². The van der Waals surface area contributed by atoms with E-state index in [-0.39, 0.29) is 36.3 Å². The Bertz CT molecular complexity index is 1610. The second-order valence-electron chi connectivity index (χ2n) is 11.9. The summed E-state index contributed by atoms with van der Waals surface area (Å²) in [7, 11) is 3.18. The Kier molecular flexibility index (Phi) is 8.00. The number of aliphatic hydroxyl groups excluding tert-OH is 2. The minimum atomic E-state index is -4.52. The fraction of sp³-hybridized carbons (Fsp3) is 0.424. The molecule has 44 heavy (non-hydrogen) atoms. The molecule has 234 valence electrons. The smallest absolute Gasteiger partial charge is 0.416 e. The Labute approximate surface area is 252 Å². The third-order valence-corrected chi connectivity index (χ3v) is 8.97. The lowest BCUT2D eigenvalue weighted by Crippen LogP contribution is -2.63. The first kappa shape index (κ1) is 31.5. The van der Waals surface area contributed by atoms with Gasteiger partial charge in [-0.2, -0.15) is 13.2 Å². The molecule has 2 aromatic carbocycles. The van der Waals surface area contributed by atoms with Gasteiger partial charge in [-0.05, 0) is 81.1 Å². The van der Waals surface area contributed by atoms with Gasteiger partial charge >= 0.3 is 6.18 Å². The number of rotatable bonds is 7. The van der Waals surface area contributed by atoms with Crippen molar-refractivity contribution in [1.29, 1.82) is 0 Å². The zero-order valence-corrected chi connectivity index (χ0v) is 24.8. The molecule has 8 nitrogen and oxygen atoms in total. The lowest BCUT2D eigenvalue weighted by Gasteiger charge is -2.50. The van der Waals surface area contributed by atoms with Crippen LogP contribution < -0.4 is 4.74 Å². The average Bonchev–Trinajstić information content (AvgIpc) is 2.94. The number of nitrogens with zero attached hydrogens (tertiary/aromatic N) is 1. The molecule has 0 saturated carbocycles. The van der Waals surface area contributed by atoms with Gasteiger partial charge in [0, 0.05) is 11.5 Å². The molecule has 0 bridgehead atoms. The van der Waals surface area contributed by atoms with Crippen LogP contribution >= 0.6 is 0 Å². The van der Waals surface area contributed by atoms with Gasteiger partial charge in [-0.1, -0.05) is 31.5 Å². The van der Waals surface area contributed by atoms with Crippen molar-refractivity contribution >= 4 is 17.3 Å². The van der Waals surface area contributed by atoms with Crippen LogP contribution in [0, 0.1) is 11.8 Å². The van der Waals surface area contributed by atoms with Crippen molar-refractivity contribution in [2.75, 3.05) is 20.7 Å². The van der Waals surface area contributed by atoms with Gasteiger partial charge < -0.3 is 20.1 Å². The van der Waals surface area contributed by atoms with Crippen LogP contribution in [0.15, 0.2) is 59.1 Å². The molecule has 0 fully saturated rings. The van der Waals surface area contributed by atoms with Gasteiger partial charge in [0.1, 0.15) is 22.8 Å². The predicted octanol–water partition coefficient (Wildman–Crippen LogP) is 5.38. The van der Waals surface area contributed by atoms with Crippen LogP contribution in [0.2, 0.25) is 0 Å². The van der Waals surface area contributed by atoms with Crippen LogP contribution in [0.25, 0.3) is 11.1 Å². The second kappa shape index (κ2) is 11.2. The van der Waals surface area contributed by atoms with Gasteiger partial charge in [0.15, 0.2) is 17.2 Å². The van der Waals surface area contributed by atoms with Crippen LogP contribution in [-0.2, 0) is 22.2 Å². The number of benzene rings is 2. The molecule has 0 unspecified atom stereocenters. The molecule has 3 aliphatic rings. The van der Waals surface area contributed by atoms with Gasteiger partial charge in [0.2, 0.25) is 5.78 Å². The number of likely N-dealkylation sites (N-methyl/N-ethyl adjacent to an activating group) is 1. The molecule has 0 saturated heterocycles. The Hall–Kier alpha value is -3.96. The van der Waals surface area contributed by atoms with Crippen LogP contribution in [-0.4, -0.2) is 69.9 Å². The van der Waals surface area contributed by atoms with Crippen molar-refractivity contribution in [3.8, 4) is 16.9 Å². The molecule has 3 aliphatic carbocycles. The average molecular weight is 614 g/mol. The molecule has 4 atom stereocenters. The Morgan fingerprint density at radius 1 is 1.09 bits per heavy atom.